The summed E-state index contributed by atoms with van der Waals surface area (Å²) < 4.78 is 12.8. The molecule has 0 aliphatic heterocycles. The largest absolute Gasteiger partial charge is 0.493 e. The average Bonchev–Trinajstić information content (AvgIpc) is 3.02. The molecule has 1 amide bonds. The molecule has 5 rings (SSSR count). The minimum absolute atomic E-state index is 0.00824. The van der Waals surface area contributed by atoms with Gasteiger partial charge in [0.1, 0.15) is 0 Å². The summed E-state index contributed by atoms with van der Waals surface area (Å²) in [5, 5.41) is 4.33. The van der Waals surface area contributed by atoms with Crippen LogP contribution in [0.25, 0.3) is 21.8 Å². The number of para-hydroxylation sites is 2. The van der Waals surface area contributed by atoms with Crippen LogP contribution in [0.3, 0.4) is 0 Å². The fourth-order valence-electron chi connectivity index (χ4n) is 5.75. The Morgan fingerprint density at radius 2 is 1.56 bits per heavy atom. The van der Waals surface area contributed by atoms with Gasteiger partial charge in [-0.05, 0) is 92.0 Å². The molecule has 0 bridgehead atoms. The number of fused-ring (bicyclic) bond motifs is 2. The van der Waals surface area contributed by atoms with Crippen LogP contribution in [0, 0.1) is 0 Å². The number of amides is 1. The summed E-state index contributed by atoms with van der Waals surface area (Å²) in [5.74, 6) is 1.38. The Kier molecular flexibility index (Phi) is 9.42. The van der Waals surface area contributed by atoms with E-state index in [9.17, 15) is 9.59 Å². The summed E-state index contributed by atoms with van der Waals surface area (Å²) in [4.78, 5) is 28.5. The molecule has 5 aromatic rings. The first-order valence-electron chi connectivity index (χ1n) is 14.7. The van der Waals surface area contributed by atoms with Crippen molar-refractivity contribution in [2.75, 3.05) is 33.1 Å². The number of carbonyl (C=O) groups excluding carboxylic acids is 1. The summed E-state index contributed by atoms with van der Waals surface area (Å²) in [7, 11) is 7.38. The van der Waals surface area contributed by atoms with Gasteiger partial charge in [0.05, 0.1) is 31.7 Å². The SMILES string of the molecule is COc1ccc(CN(C)CCCCc2ccc(NC(=O)Cc3cccc4c(=O)c5ccccc5n(C)c34)cc2)cc1OC. The van der Waals surface area contributed by atoms with E-state index in [4.69, 9.17) is 9.47 Å². The number of anilines is 1. The van der Waals surface area contributed by atoms with Crippen LogP contribution in [0.15, 0.2) is 89.7 Å². The van der Waals surface area contributed by atoms with E-state index in [1.54, 1.807) is 14.2 Å². The summed E-state index contributed by atoms with van der Waals surface area (Å²) in [5.41, 5.74) is 5.67. The normalized spacial score (nSPS) is 11.3. The second-order valence-corrected chi connectivity index (χ2v) is 11.0. The van der Waals surface area contributed by atoms with E-state index in [1.807, 2.05) is 78.3 Å². The smallest absolute Gasteiger partial charge is 0.228 e. The lowest BCUT2D eigenvalue weighted by atomic mass is 10.0. The molecule has 0 aliphatic carbocycles. The van der Waals surface area contributed by atoms with E-state index in [1.165, 1.54) is 11.1 Å². The molecule has 4 aromatic carbocycles. The average molecular weight is 578 g/mol. The highest BCUT2D eigenvalue weighted by atomic mass is 16.5. The van der Waals surface area contributed by atoms with Crippen molar-refractivity contribution in [3.05, 3.63) is 112 Å². The van der Waals surface area contributed by atoms with Crippen molar-refractivity contribution in [1.82, 2.24) is 9.47 Å². The first-order valence-corrected chi connectivity index (χ1v) is 14.7. The first kappa shape index (κ1) is 29.9. The van der Waals surface area contributed by atoms with Gasteiger partial charge < -0.3 is 24.3 Å². The maximum atomic E-state index is 13.1. The van der Waals surface area contributed by atoms with Gasteiger partial charge in [0.15, 0.2) is 16.9 Å². The molecule has 0 atom stereocenters. The molecule has 1 N–H and O–H groups in total. The van der Waals surface area contributed by atoms with E-state index in [2.05, 4.69) is 35.5 Å². The molecule has 0 unspecified atom stereocenters. The second-order valence-electron chi connectivity index (χ2n) is 11.0. The number of ether oxygens (including phenoxy) is 2. The number of unbranched alkanes of at least 4 members (excludes halogenated alkanes) is 1. The Hall–Kier alpha value is -4.62. The zero-order valence-corrected chi connectivity index (χ0v) is 25.4. The van der Waals surface area contributed by atoms with Gasteiger partial charge in [-0.3, -0.25) is 9.59 Å². The van der Waals surface area contributed by atoms with Crippen molar-refractivity contribution in [1.29, 1.82) is 0 Å². The molecule has 1 aromatic heterocycles. The minimum atomic E-state index is -0.113. The van der Waals surface area contributed by atoms with Gasteiger partial charge in [-0.15, -0.1) is 0 Å². The van der Waals surface area contributed by atoms with E-state index < -0.39 is 0 Å². The third-order valence-corrected chi connectivity index (χ3v) is 7.95. The molecule has 0 fully saturated rings. The molecular weight excluding hydrogens is 538 g/mol. The highest BCUT2D eigenvalue weighted by Gasteiger charge is 2.14. The maximum absolute atomic E-state index is 13.1. The molecule has 0 saturated carbocycles. The molecule has 43 heavy (non-hydrogen) atoms. The third kappa shape index (κ3) is 6.89. The molecule has 0 saturated heterocycles. The molecule has 0 spiro atoms. The monoisotopic (exact) mass is 577 g/mol. The van der Waals surface area contributed by atoms with E-state index in [0.29, 0.717) is 10.8 Å². The van der Waals surface area contributed by atoms with Gasteiger partial charge >= 0.3 is 0 Å². The Balaban J connectivity index is 1.13. The molecular formula is C36H39N3O4. The topological polar surface area (TPSA) is 72.8 Å². The maximum Gasteiger partial charge on any atom is 0.228 e. The van der Waals surface area contributed by atoms with Crippen LogP contribution in [0.5, 0.6) is 11.5 Å². The van der Waals surface area contributed by atoms with Crippen LogP contribution < -0.4 is 20.2 Å². The van der Waals surface area contributed by atoms with Crippen LogP contribution in [-0.4, -0.2) is 43.2 Å². The Morgan fingerprint density at radius 1 is 0.837 bits per heavy atom. The predicted octanol–water partition coefficient (Wildman–Crippen LogP) is 6.34. The fourth-order valence-corrected chi connectivity index (χ4v) is 5.75. The van der Waals surface area contributed by atoms with Crippen LogP contribution in [0.1, 0.15) is 29.5 Å². The first-order chi connectivity index (χ1) is 20.9. The number of nitrogens with zero attached hydrogens (tertiary/aromatic N) is 2. The van der Waals surface area contributed by atoms with Crippen molar-refractivity contribution in [2.24, 2.45) is 7.05 Å². The zero-order valence-electron chi connectivity index (χ0n) is 25.4. The second kappa shape index (κ2) is 13.6. The van der Waals surface area contributed by atoms with Gasteiger partial charge in [-0.2, -0.15) is 0 Å². The Bertz CT molecular complexity index is 1790. The zero-order chi connectivity index (χ0) is 30.3. The standard InChI is InChI=1S/C36H39N3O4/c1-38(24-26-17-20-32(42-3)33(22-26)43-4)21-8-7-10-25-15-18-28(19-16-25)37-34(40)23-27-11-9-13-30-35(27)39(2)31-14-6-5-12-29(31)36(30)41/h5-6,9,11-20,22H,7-8,10,21,23-24H2,1-4H3,(H,37,40). The van der Waals surface area contributed by atoms with E-state index >= 15 is 0 Å². The Labute approximate surface area is 252 Å². The lowest BCUT2D eigenvalue weighted by molar-refractivity contribution is -0.115. The van der Waals surface area contributed by atoms with Crippen LogP contribution in [0.4, 0.5) is 5.69 Å². The van der Waals surface area contributed by atoms with Crippen molar-refractivity contribution in [3.63, 3.8) is 0 Å². The van der Waals surface area contributed by atoms with E-state index in [0.717, 1.165) is 66.1 Å². The molecule has 222 valence electrons. The van der Waals surface area contributed by atoms with Crippen LogP contribution in [0.2, 0.25) is 0 Å². The number of hydrogen-bond acceptors (Lipinski definition) is 5. The van der Waals surface area contributed by atoms with Crippen LogP contribution >= 0.6 is 0 Å². The highest BCUT2D eigenvalue weighted by Crippen LogP contribution is 2.28. The summed E-state index contributed by atoms with van der Waals surface area (Å²) >= 11 is 0. The van der Waals surface area contributed by atoms with Crippen molar-refractivity contribution < 1.29 is 14.3 Å². The third-order valence-electron chi connectivity index (χ3n) is 7.95. The molecule has 7 heteroatoms. The molecule has 0 radical (unpaired) electrons. The number of aryl methyl sites for hydroxylation is 2. The predicted molar refractivity (Wildman–Crippen MR) is 174 cm³/mol. The van der Waals surface area contributed by atoms with Crippen molar-refractivity contribution in [2.45, 2.75) is 32.2 Å². The quantitative estimate of drug-likeness (QED) is 0.138. The lowest BCUT2D eigenvalue weighted by Crippen LogP contribution is -2.19. The van der Waals surface area contributed by atoms with Gasteiger partial charge in [-0.1, -0.05) is 42.5 Å². The van der Waals surface area contributed by atoms with Gasteiger partial charge in [0, 0.05) is 30.1 Å². The fraction of sp³-hybridized carbons (Fsp3) is 0.278. The van der Waals surface area contributed by atoms with Gasteiger partial charge in [-0.25, -0.2) is 0 Å². The number of rotatable bonds is 12. The van der Waals surface area contributed by atoms with E-state index in [-0.39, 0.29) is 17.8 Å². The van der Waals surface area contributed by atoms with Crippen molar-refractivity contribution >= 4 is 33.4 Å². The number of pyridine rings is 1. The van der Waals surface area contributed by atoms with Gasteiger partial charge in [0.2, 0.25) is 5.91 Å². The number of benzene rings is 4. The number of methoxy groups -OCH3 is 2. The molecule has 1 heterocycles. The molecule has 0 aliphatic rings. The highest BCUT2D eigenvalue weighted by molar-refractivity contribution is 5.98. The number of hydrogen-bond donors (Lipinski definition) is 1. The van der Waals surface area contributed by atoms with Crippen LogP contribution in [-0.2, 0) is 31.2 Å². The van der Waals surface area contributed by atoms with Crippen molar-refractivity contribution in [3.8, 4) is 11.5 Å². The number of nitrogens with one attached hydrogen (secondary N) is 1. The molecule has 7 nitrogen and oxygen atoms in total. The summed E-state index contributed by atoms with van der Waals surface area (Å²) in [6, 6.07) is 27.3. The number of carbonyl (C=O) groups is 1. The number of aromatic nitrogens is 1. The summed E-state index contributed by atoms with van der Waals surface area (Å²) in [6.07, 6.45) is 3.33. The summed E-state index contributed by atoms with van der Waals surface area (Å²) in [6.45, 7) is 1.85. The Morgan fingerprint density at radius 3 is 2.33 bits per heavy atom. The lowest BCUT2D eigenvalue weighted by Gasteiger charge is -2.18. The van der Waals surface area contributed by atoms with Gasteiger partial charge in [0.25, 0.3) is 0 Å². The minimum Gasteiger partial charge on any atom is -0.493 e.